The van der Waals surface area contributed by atoms with Crippen LogP contribution in [0, 0.1) is 0 Å². The Morgan fingerprint density at radius 1 is 1.00 bits per heavy atom. The number of imide groups is 1. The number of piperidine rings is 1. The van der Waals surface area contributed by atoms with Gasteiger partial charge in [-0.25, -0.2) is 4.98 Å². The molecule has 1 aromatic carbocycles. The van der Waals surface area contributed by atoms with Gasteiger partial charge in [-0.1, -0.05) is 29.8 Å². The normalized spacial score (nSPS) is 20.0. The van der Waals surface area contributed by atoms with E-state index in [1.54, 1.807) is 6.33 Å². The Kier molecular flexibility index (Phi) is 4.78. The molecule has 4 heterocycles. The number of amides is 2. The first kappa shape index (κ1) is 18.9. The molecule has 0 aliphatic carbocycles. The number of rotatable bonds is 3. The maximum Gasteiger partial charge on any atom is 0.234 e. The molecule has 2 aliphatic heterocycles. The summed E-state index contributed by atoms with van der Waals surface area (Å²) in [6, 6.07) is 11.8. The van der Waals surface area contributed by atoms with Gasteiger partial charge in [0.25, 0.3) is 0 Å². The molecule has 0 bridgehead atoms. The summed E-state index contributed by atoms with van der Waals surface area (Å²) in [5, 5.41) is 7.34. The summed E-state index contributed by atoms with van der Waals surface area (Å²) in [5.41, 5.74) is 2.54. The molecular weight excluding hydrogens is 404 g/mol. The Labute approximate surface area is 178 Å². The third-order valence-corrected chi connectivity index (χ3v) is 6.26. The van der Waals surface area contributed by atoms with Gasteiger partial charge in [0.1, 0.15) is 12.1 Å². The molecule has 9 heteroatoms. The summed E-state index contributed by atoms with van der Waals surface area (Å²) in [4.78, 5) is 32.6. The lowest BCUT2D eigenvalue weighted by Crippen LogP contribution is -2.47. The molecule has 1 unspecified atom stereocenters. The predicted molar refractivity (Wildman–Crippen MR) is 114 cm³/mol. The molecule has 2 aromatic heterocycles. The standard InChI is InChI=1S/C21H21ClN6O2/c22-20-14(15-7-8-18(29)25-21(15)30)3-1-4-16(20)26-9-11-27(12-10-26)19-6-2-5-17-23-13-24-28(17)19/h1-6,13,15H,7-12H2,(H,25,29,30). The molecular formula is C21H21ClN6O2. The second kappa shape index (κ2) is 7.60. The number of hydrogen-bond acceptors (Lipinski definition) is 6. The summed E-state index contributed by atoms with van der Waals surface area (Å²) >= 11 is 6.75. The van der Waals surface area contributed by atoms with E-state index >= 15 is 0 Å². The molecule has 30 heavy (non-hydrogen) atoms. The minimum Gasteiger partial charge on any atom is -0.367 e. The van der Waals surface area contributed by atoms with E-state index in [4.69, 9.17) is 11.6 Å². The zero-order valence-corrected chi connectivity index (χ0v) is 17.0. The number of carbonyl (C=O) groups is 2. The van der Waals surface area contributed by atoms with E-state index in [9.17, 15) is 9.59 Å². The number of nitrogens with zero attached hydrogens (tertiary/aromatic N) is 5. The first-order chi connectivity index (χ1) is 14.6. The average Bonchev–Trinajstić information content (AvgIpc) is 3.24. The number of anilines is 2. The summed E-state index contributed by atoms with van der Waals surface area (Å²) in [6.07, 6.45) is 2.39. The monoisotopic (exact) mass is 424 g/mol. The van der Waals surface area contributed by atoms with Crippen molar-refractivity contribution in [1.29, 1.82) is 0 Å². The second-order valence-electron chi connectivity index (χ2n) is 7.57. The van der Waals surface area contributed by atoms with Gasteiger partial charge in [0.2, 0.25) is 11.8 Å². The molecule has 0 saturated carbocycles. The Morgan fingerprint density at radius 2 is 1.77 bits per heavy atom. The highest BCUT2D eigenvalue weighted by Crippen LogP contribution is 2.37. The minimum absolute atomic E-state index is 0.220. The number of hydrogen-bond donors (Lipinski definition) is 1. The van der Waals surface area contributed by atoms with Crippen LogP contribution in [0.5, 0.6) is 0 Å². The lowest BCUT2D eigenvalue weighted by atomic mass is 9.90. The fraction of sp³-hybridized carbons (Fsp3) is 0.333. The SMILES string of the molecule is O=C1CCC(c2cccc(N3CCN(c4cccc5ncnn45)CC3)c2Cl)C(=O)N1. The van der Waals surface area contributed by atoms with Crippen LogP contribution in [0.1, 0.15) is 24.3 Å². The van der Waals surface area contributed by atoms with Crippen LogP contribution in [0.25, 0.3) is 5.65 Å². The molecule has 1 atom stereocenters. The second-order valence-corrected chi connectivity index (χ2v) is 7.95. The van der Waals surface area contributed by atoms with Crippen molar-refractivity contribution in [1.82, 2.24) is 19.9 Å². The Bertz CT molecular complexity index is 1120. The lowest BCUT2D eigenvalue weighted by Gasteiger charge is -2.38. The van der Waals surface area contributed by atoms with Crippen molar-refractivity contribution in [2.45, 2.75) is 18.8 Å². The number of halogens is 1. The van der Waals surface area contributed by atoms with E-state index in [1.807, 2.05) is 40.9 Å². The van der Waals surface area contributed by atoms with Crippen molar-refractivity contribution in [3.63, 3.8) is 0 Å². The van der Waals surface area contributed by atoms with Crippen molar-refractivity contribution >= 4 is 40.6 Å². The number of pyridine rings is 1. The molecule has 2 fully saturated rings. The molecule has 5 rings (SSSR count). The number of piperazine rings is 1. The van der Waals surface area contributed by atoms with E-state index in [2.05, 4.69) is 25.2 Å². The Morgan fingerprint density at radius 3 is 2.57 bits per heavy atom. The third kappa shape index (κ3) is 3.27. The highest BCUT2D eigenvalue weighted by atomic mass is 35.5. The molecule has 2 aliphatic rings. The fourth-order valence-electron chi connectivity index (χ4n) is 4.29. The Hall–Kier alpha value is -3.13. The zero-order valence-electron chi connectivity index (χ0n) is 16.3. The summed E-state index contributed by atoms with van der Waals surface area (Å²) in [6.45, 7) is 3.23. The topological polar surface area (TPSA) is 82.8 Å². The largest absolute Gasteiger partial charge is 0.367 e. The number of benzene rings is 1. The van der Waals surface area contributed by atoms with Crippen molar-refractivity contribution in [2.75, 3.05) is 36.0 Å². The van der Waals surface area contributed by atoms with Gasteiger partial charge in [0.05, 0.1) is 16.6 Å². The van der Waals surface area contributed by atoms with E-state index in [-0.39, 0.29) is 17.7 Å². The number of nitrogens with one attached hydrogen (secondary N) is 1. The molecule has 0 radical (unpaired) electrons. The van der Waals surface area contributed by atoms with Crippen LogP contribution in [-0.4, -0.2) is 52.6 Å². The van der Waals surface area contributed by atoms with Crippen molar-refractivity contribution in [3.05, 3.63) is 53.3 Å². The lowest BCUT2D eigenvalue weighted by molar-refractivity contribution is -0.134. The molecule has 2 saturated heterocycles. The number of carbonyl (C=O) groups excluding carboxylic acids is 2. The quantitative estimate of drug-likeness (QED) is 0.649. The first-order valence-corrected chi connectivity index (χ1v) is 10.4. The fourth-order valence-corrected chi connectivity index (χ4v) is 4.67. The van der Waals surface area contributed by atoms with Gasteiger partial charge < -0.3 is 9.80 Å². The predicted octanol–water partition coefficient (Wildman–Crippen LogP) is 2.23. The van der Waals surface area contributed by atoms with E-state index in [0.717, 1.165) is 48.9 Å². The zero-order chi connectivity index (χ0) is 20.7. The van der Waals surface area contributed by atoms with Gasteiger partial charge in [-0.05, 0) is 30.2 Å². The summed E-state index contributed by atoms with van der Waals surface area (Å²) < 4.78 is 1.85. The number of aromatic nitrogens is 3. The maximum absolute atomic E-state index is 12.3. The van der Waals surface area contributed by atoms with Crippen LogP contribution in [-0.2, 0) is 9.59 Å². The molecule has 2 amide bonds. The van der Waals surface area contributed by atoms with Gasteiger partial charge >= 0.3 is 0 Å². The molecule has 3 aromatic rings. The first-order valence-electron chi connectivity index (χ1n) is 10.0. The highest BCUT2D eigenvalue weighted by molar-refractivity contribution is 6.34. The van der Waals surface area contributed by atoms with Gasteiger partial charge in [-0.3, -0.25) is 14.9 Å². The van der Waals surface area contributed by atoms with Crippen LogP contribution >= 0.6 is 11.6 Å². The third-order valence-electron chi connectivity index (χ3n) is 5.85. The van der Waals surface area contributed by atoms with Crippen LogP contribution in [0.3, 0.4) is 0 Å². The molecule has 8 nitrogen and oxygen atoms in total. The van der Waals surface area contributed by atoms with Gasteiger partial charge in [-0.15, -0.1) is 0 Å². The summed E-state index contributed by atoms with van der Waals surface area (Å²) in [7, 11) is 0. The summed E-state index contributed by atoms with van der Waals surface area (Å²) in [5.74, 6) is 0.146. The van der Waals surface area contributed by atoms with Crippen molar-refractivity contribution < 1.29 is 9.59 Å². The van der Waals surface area contributed by atoms with E-state index in [0.29, 0.717) is 17.9 Å². The highest BCUT2D eigenvalue weighted by Gasteiger charge is 2.31. The Balaban J connectivity index is 1.35. The van der Waals surface area contributed by atoms with E-state index < -0.39 is 0 Å². The van der Waals surface area contributed by atoms with Crippen LogP contribution < -0.4 is 15.1 Å². The maximum atomic E-state index is 12.3. The smallest absolute Gasteiger partial charge is 0.234 e. The van der Waals surface area contributed by atoms with Crippen molar-refractivity contribution in [2.24, 2.45) is 0 Å². The van der Waals surface area contributed by atoms with Crippen molar-refractivity contribution in [3.8, 4) is 0 Å². The molecule has 154 valence electrons. The van der Waals surface area contributed by atoms with Gasteiger partial charge in [0, 0.05) is 32.6 Å². The van der Waals surface area contributed by atoms with Crippen LogP contribution in [0.4, 0.5) is 11.5 Å². The minimum atomic E-state index is -0.388. The molecule has 0 spiro atoms. The van der Waals surface area contributed by atoms with Gasteiger partial charge in [-0.2, -0.15) is 9.61 Å². The average molecular weight is 425 g/mol. The van der Waals surface area contributed by atoms with E-state index in [1.165, 1.54) is 0 Å². The molecule has 1 N–H and O–H groups in total. The van der Waals surface area contributed by atoms with Gasteiger partial charge in [0.15, 0.2) is 5.65 Å². The van der Waals surface area contributed by atoms with Crippen LogP contribution in [0.2, 0.25) is 5.02 Å². The van der Waals surface area contributed by atoms with Crippen LogP contribution in [0.15, 0.2) is 42.7 Å². The number of fused-ring (bicyclic) bond motifs is 1.